The molecule has 5 amide bonds. The van der Waals surface area contributed by atoms with Crippen molar-refractivity contribution >= 4 is 35.1 Å². The van der Waals surface area contributed by atoms with Gasteiger partial charge in [0.25, 0.3) is 17.7 Å². The SMILES string of the molecule is CCc1sc(C(=O)NNC(=O)CN2C(=O)N[C@]3(CCc4ccccc43)C2=O)cc1C. The fourth-order valence-electron chi connectivity index (χ4n) is 4.09. The van der Waals surface area contributed by atoms with Gasteiger partial charge in [-0.2, -0.15) is 0 Å². The number of imide groups is 1. The van der Waals surface area contributed by atoms with Gasteiger partial charge in [0.2, 0.25) is 0 Å². The van der Waals surface area contributed by atoms with Gasteiger partial charge in [-0.15, -0.1) is 11.3 Å². The molecule has 0 radical (unpaired) electrons. The summed E-state index contributed by atoms with van der Waals surface area (Å²) in [5.74, 6) is -1.53. The zero-order valence-corrected chi connectivity index (χ0v) is 17.5. The molecular formula is C21H22N4O4S. The highest BCUT2D eigenvalue weighted by molar-refractivity contribution is 7.14. The summed E-state index contributed by atoms with van der Waals surface area (Å²) in [4.78, 5) is 52.6. The minimum atomic E-state index is -1.11. The first kappa shape index (κ1) is 20.1. The summed E-state index contributed by atoms with van der Waals surface area (Å²) in [6.07, 6.45) is 1.97. The first-order valence-electron chi connectivity index (χ1n) is 9.76. The monoisotopic (exact) mass is 426 g/mol. The number of thiophene rings is 1. The number of hydrazine groups is 1. The van der Waals surface area contributed by atoms with Gasteiger partial charge in [-0.3, -0.25) is 30.1 Å². The van der Waals surface area contributed by atoms with Gasteiger partial charge in [-0.05, 0) is 48.9 Å². The van der Waals surface area contributed by atoms with Crippen LogP contribution in [0, 0.1) is 6.92 Å². The topological polar surface area (TPSA) is 108 Å². The molecule has 2 aliphatic rings. The van der Waals surface area contributed by atoms with Crippen LogP contribution in [0.15, 0.2) is 30.3 Å². The van der Waals surface area contributed by atoms with Gasteiger partial charge < -0.3 is 5.32 Å². The van der Waals surface area contributed by atoms with E-state index in [1.165, 1.54) is 11.3 Å². The van der Waals surface area contributed by atoms with Gasteiger partial charge in [0.15, 0.2) is 0 Å². The third kappa shape index (κ3) is 3.24. The fraction of sp³-hybridized carbons (Fsp3) is 0.333. The molecule has 3 N–H and O–H groups in total. The van der Waals surface area contributed by atoms with Crippen LogP contribution in [0.2, 0.25) is 0 Å². The summed E-state index contributed by atoms with van der Waals surface area (Å²) >= 11 is 1.37. The Labute approximate surface area is 177 Å². The summed E-state index contributed by atoms with van der Waals surface area (Å²) in [5.41, 5.74) is 6.35. The van der Waals surface area contributed by atoms with Gasteiger partial charge in [-0.1, -0.05) is 31.2 Å². The van der Waals surface area contributed by atoms with E-state index in [0.29, 0.717) is 17.7 Å². The van der Waals surface area contributed by atoms with Crippen molar-refractivity contribution in [2.24, 2.45) is 0 Å². The molecule has 1 saturated heterocycles. The number of nitrogens with zero attached hydrogens (tertiary/aromatic N) is 1. The van der Waals surface area contributed by atoms with Gasteiger partial charge in [-0.25, -0.2) is 4.79 Å². The second-order valence-electron chi connectivity index (χ2n) is 7.46. The summed E-state index contributed by atoms with van der Waals surface area (Å²) < 4.78 is 0. The highest BCUT2D eigenvalue weighted by Crippen LogP contribution is 2.41. The molecule has 2 aromatic rings. The zero-order chi connectivity index (χ0) is 21.5. The average Bonchev–Trinajstić information content (AvgIpc) is 3.37. The number of nitrogens with one attached hydrogen (secondary N) is 3. The Hall–Kier alpha value is -3.20. The lowest BCUT2D eigenvalue weighted by Crippen LogP contribution is -2.48. The molecule has 1 atom stereocenters. The molecule has 156 valence electrons. The number of carbonyl (C=O) groups excluding carboxylic acids is 4. The predicted octanol–water partition coefficient (Wildman–Crippen LogP) is 1.77. The lowest BCUT2D eigenvalue weighted by atomic mass is 9.92. The number of carbonyl (C=O) groups is 4. The van der Waals surface area contributed by atoms with Crippen molar-refractivity contribution < 1.29 is 19.2 Å². The third-order valence-corrected chi connectivity index (χ3v) is 6.99. The van der Waals surface area contributed by atoms with Gasteiger partial charge in [0.05, 0.1) is 4.88 Å². The molecule has 1 aromatic carbocycles. The lowest BCUT2D eigenvalue weighted by molar-refractivity contribution is -0.135. The third-order valence-electron chi connectivity index (χ3n) is 5.60. The molecule has 1 aliphatic heterocycles. The Kier molecular flexibility index (Phi) is 5.07. The first-order chi connectivity index (χ1) is 14.4. The van der Waals surface area contributed by atoms with Crippen LogP contribution in [0.3, 0.4) is 0 Å². The smallest absolute Gasteiger partial charge is 0.319 e. The molecule has 30 heavy (non-hydrogen) atoms. The second kappa shape index (κ2) is 7.56. The lowest BCUT2D eigenvalue weighted by Gasteiger charge is -2.22. The summed E-state index contributed by atoms with van der Waals surface area (Å²) in [6, 6.07) is 8.64. The summed E-state index contributed by atoms with van der Waals surface area (Å²) in [5, 5.41) is 2.77. The van der Waals surface area contributed by atoms with Crippen LogP contribution < -0.4 is 16.2 Å². The van der Waals surface area contributed by atoms with Crippen LogP contribution in [-0.4, -0.2) is 35.2 Å². The molecule has 8 nitrogen and oxygen atoms in total. The van der Waals surface area contributed by atoms with Crippen LogP contribution in [-0.2, 0) is 28.0 Å². The maximum atomic E-state index is 13.0. The van der Waals surface area contributed by atoms with Crippen LogP contribution in [0.5, 0.6) is 0 Å². The Morgan fingerprint density at radius 3 is 2.73 bits per heavy atom. The molecule has 9 heteroatoms. The number of rotatable bonds is 4. The standard InChI is InChI=1S/C21H22N4O4S/c1-3-15-12(2)10-16(30-15)18(27)24-23-17(26)11-25-19(28)21(22-20(25)29)9-8-13-6-4-5-7-14(13)21/h4-7,10H,3,8-9,11H2,1-2H3,(H,22,29)(H,23,26)(H,24,27)/t21-/m0/s1. The number of urea groups is 1. The second-order valence-corrected chi connectivity index (χ2v) is 8.59. The quantitative estimate of drug-likeness (QED) is 0.512. The van der Waals surface area contributed by atoms with E-state index in [1.54, 1.807) is 6.07 Å². The molecule has 1 spiro atoms. The summed E-state index contributed by atoms with van der Waals surface area (Å²) in [6.45, 7) is 3.47. The van der Waals surface area contributed by atoms with E-state index < -0.39 is 35.8 Å². The molecular weight excluding hydrogens is 404 g/mol. The Morgan fingerprint density at radius 2 is 2.00 bits per heavy atom. The van der Waals surface area contributed by atoms with Crippen LogP contribution in [0.4, 0.5) is 4.79 Å². The number of amides is 5. The molecule has 0 unspecified atom stereocenters. The predicted molar refractivity (Wildman–Crippen MR) is 111 cm³/mol. The molecule has 2 heterocycles. The fourth-order valence-corrected chi connectivity index (χ4v) is 5.10. The van der Waals surface area contributed by atoms with Gasteiger partial charge in [0, 0.05) is 4.88 Å². The van der Waals surface area contributed by atoms with E-state index in [-0.39, 0.29) is 0 Å². The average molecular weight is 426 g/mol. The Balaban J connectivity index is 1.40. The molecule has 0 saturated carbocycles. The van der Waals surface area contributed by atoms with E-state index in [0.717, 1.165) is 32.9 Å². The molecule has 0 bridgehead atoms. The van der Waals surface area contributed by atoms with Crippen LogP contribution >= 0.6 is 11.3 Å². The molecule has 1 fully saturated rings. The van der Waals surface area contributed by atoms with E-state index in [1.807, 2.05) is 38.1 Å². The highest BCUT2D eigenvalue weighted by Gasteiger charge is 2.55. The molecule has 1 aromatic heterocycles. The first-order valence-corrected chi connectivity index (χ1v) is 10.6. The maximum Gasteiger partial charge on any atom is 0.325 e. The van der Waals surface area contributed by atoms with Crippen molar-refractivity contribution in [1.29, 1.82) is 0 Å². The minimum Gasteiger partial charge on any atom is -0.319 e. The normalized spacial score (nSPS) is 19.7. The van der Waals surface area contributed by atoms with Crippen molar-refractivity contribution in [2.75, 3.05) is 6.54 Å². The maximum absolute atomic E-state index is 13.0. The highest BCUT2D eigenvalue weighted by atomic mass is 32.1. The van der Waals surface area contributed by atoms with Crippen molar-refractivity contribution in [3.63, 3.8) is 0 Å². The Morgan fingerprint density at radius 1 is 1.23 bits per heavy atom. The van der Waals surface area contributed by atoms with Crippen molar-refractivity contribution in [1.82, 2.24) is 21.1 Å². The molecule has 1 aliphatic carbocycles. The molecule has 4 rings (SSSR count). The number of fused-ring (bicyclic) bond motifs is 2. The van der Waals surface area contributed by atoms with E-state index in [2.05, 4.69) is 16.2 Å². The van der Waals surface area contributed by atoms with Crippen LogP contribution in [0.25, 0.3) is 0 Å². The van der Waals surface area contributed by atoms with Gasteiger partial charge >= 0.3 is 6.03 Å². The van der Waals surface area contributed by atoms with Crippen molar-refractivity contribution in [2.45, 2.75) is 38.6 Å². The number of benzene rings is 1. The van der Waals surface area contributed by atoms with Crippen molar-refractivity contribution in [3.05, 3.63) is 56.8 Å². The Bertz CT molecular complexity index is 1060. The minimum absolute atomic E-state index is 0.436. The number of hydrogen-bond donors (Lipinski definition) is 3. The van der Waals surface area contributed by atoms with E-state index in [9.17, 15) is 19.2 Å². The van der Waals surface area contributed by atoms with Crippen molar-refractivity contribution in [3.8, 4) is 0 Å². The van der Waals surface area contributed by atoms with E-state index in [4.69, 9.17) is 0 Å². The van der Waals surface area contributed by atoms with E-state index >= 15 is 0 Å². The largest absolute Gasteiger partial charge is 0.325 e. The summed E-state index contributed by atoms with van der Waals surface area (Å²) in [7, 11) is 0. The number of aryl methyl sites for hydroxylation is 3. The number of hydrogen-bond acceptors (Lipinski definition) is 5. The van der Waals surface area contributed by atoms with Gasteiger partial charge in [0.1, 0.15) is 12.1 Å². The van der Waals surface area contributed by atoms with Crippen LogP contribution in [0.1, 0.15) is 44.6 Å². The zero-order valence-electron chi connectivity index (χ0n) is 16.7.